The summed E-state index contributed by atoms with van der Waals surface area (Å²) in [6, 6.07) is 15.5. The molecule has 0 radical (unpaired) electrons. The van der Waals surface area contributed by atoms with Gasteiger partial charge in [0.25, 0.3) is 5.91 Å². The summed E-state index contributed by atoms with van der Waals surface area (Å²) in [5.74, 6) is -0.166. The highest BCUT2D eigenvalue weighted by Gasteiger charge is 2.22. The van der Waals surface area contributed by atoms with Crippen LogP contribution >= 0.6 is 0 Å². The molecular formula is C25H33N3O2. The first kappa shape index (κ1) is 21.9. The Balaban J connectivity index is 1.83. The summed E-state index contributed by atoms with van der Waals surface area (Å²) >= 11 is 0. The second kappa shape index (κ2) is 9.33. The van der Waals surface area contributed by atoms with Crippen molar-refractivity contribution in [1.29, 1.82) is 0 Å². The Hall–Kier alpha value is -2.82. The Labute approximate surface area is 179 Å². The first-order valence-electron chi connectivity index (χ1n) is 10.8. The molecule has 1 saturated heterocycles. The Bertz CT molecular complexity index is 881. The number of nitrogens with one attached hydrogen (secondary N) is 2. The maximum Gasteiger partial charge on any atom is 0.253 e. The number of carbonyl (C=O) groups excluding carboxylic acids is 2. The van der Waals surface area contributed by atoms with E-state index >= 15 is 0 Å². The molecule has 3 rings (SSSR count). The molecule has 2 aromatic carbocycles. The lowest BCUT2D eigenvalue weighted by molar-refractivity contribution is -0.117. The number of anilines is 2. The monoisotopic (exact) mass is 407 g/mol. The Morgan fingerprint density at radius 3 is 2.33 bits per heavy atom. The lowest BCUT2D eigenvalue weighted by Gasteiger charge is -2.23. The van der Waals surface area contributed by atoms with E-state index in [0.29, 0.717) is 17.7 Å². The first-order chi connectivity index (χ1) is 14.2. The van der Waals surface area contributed by atoms with E-state index in [1.54, 1.807) is 6.07 Å². The van der Waals surface area contributed by atoms with Crippen LogP contribution in [-0.2, 0) is 4.79 Å². The molecule has 5 heteroatoms. The lowest BCUT2D eigenvalue weighted by atomic mass is 9.92. The van der Waals surface area contributed by atoms with E-state index in [1.165, 1.54) is 0 Å². The lowest BCUT2D eigenvalue weighted by Crippen LogP contribution is -2.29. The number of amides is 2. The first-order valence-corrected chi connectivity index (χ1v) is 10.8. The molecule has 0 bridgehead atoms. The van der Waals surface area contributed by atoms with Crippen molar-refractivity contribution in [3.05, 3.63) is 59.7 Å². The van der Waals surface area contributed by atoms with E-state index in [-0.39, 0.29) is 23.3 Å². The highest BCUT2D eigenvalue weighted by Crippen LogP contribution is 2.29. The Kier molecular flexibility index (Phi) is 6.80. The highest BCUT2D eigenvalue weighted by atomic mass is 16.2. The van der Waals surface area contributed by atoms with Crippen molar-refractivity contribution in [1.82, 2.24) is 5.32 Å². The molecule has 1 heterocycles. The third kappa shape index (κ3) is 5.85. The van der Waals surface area contributed by atoms with Gasteiger partial charge < -0.3 is 15.5 Å². The average Bonchev–Trinajstić information content (AvgIpc) is 3.21. The fourth-order valence-electron chi connectivity index (χ4n) is 3.82. The molecule has 2 aromatic rings. The van der Waals surface area contributed by atoms with Gasteiger partial charge in [0.1, 0.15) is 0 Å². The summed E-state index contributed by atoms with van der Waals surface area (Å²) in [4.78, 5) is 27.9. The molecule has 1 unspecified atom stereocenters. The molecule has 1 aliphatic heterocycles. The molecule has 160 valence electrons. The minimum atomic E-state index is -0.125. The van der Waals surface area contributed by atoms with E-state index in [4.69, 9.17) is 0 Å². The van der Waals surface area contributed by atoms with Gasteiger partial charge in [-0.2, -0.15) is 0 Å². The number of rotatable bonds is 6. The average molecular weight is 408 g/mol. The second-order valence-corrected chi connectivity index (χ2v) is 9.32. The number of hydrogen-bond donors (Lipinski definition) is 2. The predicted molar refractivity (Wildman–Crippen MR) is 123 cm³/mol. The van der Waals surface area contributed by atoms with Crippen molar-refractivity contribution in [2.45, 2.75) is 53.0 Å². The van der Waals surface area contributed by atoms with E-state index in [2.05, 4.69) is 15.5 Å². The standard InChI is InChI=1S/C25H33N3O2/c1-18(19-10-6-5-7-11-19)26-24(30)21-16-20(27-23(29)17-25(2,3)4)12-13-22(21)28-14-8-9-15-28/h5-7,10-13,16,18H,8-9,14-15,17H2,1-4H3,(H,26,30)(H,27,29). The Morgan fingerprint density at radius 2 is 1.70 bits per heavy atom. The van der Waals surface area contributed by atoms with Gasteiger partial charge in [-0.05, 0) is 48.9 Å². The predicted octanol–water partition coefficient (Wildman–Crippen LogP) is 5.15. The summed E-state index contributed by atoms with van der Waals surface area (Å²) in [6.07, 6.45) is 2.69. The van der Waals surface area contributed by atoms with E-state index < -0.39 is 0 Å². The molecule has 1 fully saturated rings. The van der Waals surface area contributed by atoms with Gasteiger partial charge in [0, 0.05) is 30.9 Å². The molecule has 30 heavy (non-hydrogen) atoms. The zero-order valence-corrected chi connectivity index (χ0v) is 18.5. The van der Waals surface area contributed by atoms with Crippen molar-refractivity contribution >= 4 is 23.2 Å². The SMILES string of the molecule is CC(NC(=O)c1cc(NC(=O)CC(C)(C)C)ccc1N1CCCC1)c1ccccc1. The van der Waals surface area contributed by atoms with Crippen molar-refractivity contribution in [2.24, 2.45) is 5.41 Å². The van der Waals surface area contributed by atoms with Crippen LogP contribution in [0, 0.1) is 5.41 Å². The third-order valence-electron chi connectivity index (χ3n) is 5.31. The Morgan fingerprint density at radius 1 is 1.03 bits per heavy atom. The maximum atomic E-state index is 13.2. The van der Waals surface area contributed by atoms with E-state index in [1.807, 2.05) is 70.2 Å². The summed E-state index contributed by atoms with van der Waals surface area (Å²) in [5.41, 5.74) is 3.16. The van der Waals surface area contributed by atoms with Crippen molar-refractivity contribution in [3.63, 3.8) is 0 Å². The van der Waals surface area contributed by atoms with Crippen LogP contribution in [0.25, 0.3) is 0 Å². The van der Waals surface area contributed by atoms with Gasteiger partial charge in [-0.15, -0.1) is 0 Å². The van der Waals surface area contributed by atoms with Gasteiger partial charge in [0.05, 0.1) is 11.6 Å². The van der Waals surface area contributed by atoms with Crippen LogP contribution in [0.4, 0.5) is 11.4 Å². The molecule has 5 nitrogen and oxygen atoms in total. The topological polar surface area (TPSA) is 61.4 Å². The quantitative estimate of drug-likeness (QED) is 0.696. The summed E-state index contributed by atoms with van der Waals surface area (Å²) in [5, 5.41) is 6.08. The molecule has 0 saturated carbocycles. The van der Waals surface area contributed by atoms with Gasteiger partial charge in [-0.3, -0.25) is 9.59 Å². The minimum Gasteiger partial charge on any atom is -0.371 e. The molecule has 0 spiro atoms. The molecule has 1 atom stereocenters. The molecular weight excluding hydrogens is 374 g/mol. The van der Waals surface area contributed by atoms with Crippen LogP contribution in [0.1, 0.15) is 68.9 Å². The van der Waals surface area contributed by atoms with Gasteiger partial charge >= 0.3 is 0 Å². The van der Waals surface area contributed by atoms with Crippen LogP contribution < -0.4 is 15.5 Å². The maximum absolute atomic E-state index is 13.2. The van der Waals surface area contributed by atoms with E-state index in [0.717, 1.165) is 37.2 Å². The van der Waals surface area contributed by atoms with Gasteiger partial charge in [-0.25, -0.2) is 0 Å². The number of carbonyl (C=O) groups is 2. The number of nitrogens with zero attached hydrogens (tertiary/aromatic N) is 1. The zero-order valence-electron chi connectivity index (χ0n) is 18.5. The van der Waals surface area contributed by atoms with Crippen molar-refractivity contribution in [3.8, 4) is 0 Å². The van der Waals surface area contributed by atoms with Crippen molar-refractivity contribution < 1.29 is 9.59 Å². The van der Waals surface area contributed by atoms with Crippen LogP contribution in [0.3, 0.4) is 0 Å². The van der Waals surface area contributed by atoms with Crippen LogP contribution in [-0.4, -0.2) is 24.9 Å². The van der Waals surface area contributed by atoms with Crippen LogP contribution in [0.5, 0.6) is 0 Å². The normalized spacial score (nSPS) is 15.0. The summed E-state index contributed by atoms with van der Waals surface area (Å²) < 4.78 is 0. The number of benzene rings is 2. The van der Waals surface area contributed by atoms with Gasteiger partial charge in [0.15, 0.2) is 0 Å². The molecule has 0 aromatic heterocycles. The molecule has 2 N–H and O–H groups in total. The fourth-order valence-corrected chi connectivity index (χ4v) is 3.82. The molecule has 1 aliphatic rings. The minimum absolute atomic E-state index is 0.0413. The van der Waals surface area contributed by atoms with Gasteiger partial charge in [-0.1, -0.05) is 51.1 Å². The smallest absolute Gasteiger partial charge is 0.253 e. The highest BCUT2D eigenvalue weighted by molar-refractivity contribution is 6.02. The number of hydrogen-bond acceptors (Lipinski definition) is 3. The third-order valence-corrected chi connectivity index (χ3v) is 5.31. The largest absolute Gasteiger partial charge is 0.371 e. The fraction of sp³-hybridized carbons (Fsp3) is 0.440. The van der Waals surface area contributed by atoms with Gasteiger partial charge in [0.2, 0.25) is 5.91 Å². The molecule has 2 amide bonds. The second-order valence-electron chi connectivity index (χ2n) is 9.32. The van der Waals surface area contributed by atoms with E-state index in [9.17, 15) is 9.59 Å². The molecule has 0 aliphatic carbocycles. The summed E-state index contributed by atoms with van der Waals surface area (Å²) in [7, 11) is 0. The summed E-state index contributed by atoms with van der Waals surface area (Å²) in [6.45, 7) is 9.99. The van der Waals surface area contributed by atoms with Crippen LogP contribution in [0.15, 0.2) is 48.5 Å². The van der Waals surface area contributed by atoms with Crippen LogP contribution in [0.2, 0.25) is 0 Å². The zero-order chi connectivity index (χ0) is 21.7. The van der Waals surface area contributed by atoms with Crippen molar-refractivity contribution in [2.75, 3.05) is 23.3 Å².